The molecule has 3 nitrogen and oxygen atoms in total. The highest BCUT2D eigenvalue weighted by Gasteiger charge is 2.19. The second-order valence-electron chi connectivity index (χ2n) is 2.91. The van der Waals surface area contributed by atoms with Crippen molar-refractivity contribution in [1.29, 1.82) is 0 Å². The van der Waals surface area contributed by atoms with Crippen LogP contribution in [0.15, 0.2) is 0 Å². The Morgan fingerprint density at radius 1 is 1.64 bits per heavy atom. The van der Waals surface area contributed by atoms with Gasteiger partial charge in [0.2, 0.25) is 5.91 Å². The summed E-state index contributed by atoms with van der Waals surface area (Å²) in [6.07, 6.45) is 2.72. The van der Waals surface area contributed by atoms with E-state index < -0.39 is 0 Å². The summed E-state index contributed by atoms with van der Waals surface area (Å²) in [5, 5.41) is 2.89. The number of amides is 1. The molecule has 64 valence electrons. The maximum absolute atomic E-state index is 11.0. The molecule has 0 unspecified atom stereocenters. The van der Waals surface area contributed by atoms with E-state index in [0.717, 1.165) is 12.8 Å². The van der Waals surface area contributed by atoms with Crippen molar-refractivity contribution in [2.75, 3.05) is 13.2 Å². The largest absolute Gasteiger partial charge is 0.377 e. The Balaban J connectivity index is 2.00. The van der Waals surface area contributed by atoms with E-state index in [0.29, 0.717) is 25.7 Å². The molecular formula is C8H15NO2. The maximum Gasteiger partial charge on any atom is 0.220 e. The zero-order valence-corrected chi connectivity index (χ0v) is 6.93. The molecule has 0 bridgehead atoms. The van der Waals surface area contributed by atoms with Gasteiger partial charge in [-0.3, -0.25) is 4.79 Å². The van der Waals surface area contributed by atoms with Gasteiger partial charge in [0.05, 0.1) is 19.3 Å². The molecule has 3 heteroatoms. The maximum atomic E-state index is 11.0. The lowest BCUT2D eigenvalue weighted by atomic mass is 10.2. The molecule has 0 atom stereocenters. The molecule has 1 N–H and O–H groups in total. The molecule has 1 amide bonds. The number of hydrogen-bond donors (Lipinski definition) is 1. The zero-order chi connectivity index (χ0) is 8.10. The lowest BCUT2D eigenvalue weighted by Gasteiger charge is -2.26. The minimum absolute atomic E-state index is 0.167. The van der Waals surface area contributed by atoms with E-state index in [1.165, 1.54) is 0 Å². The van der Waals surface area contributed by atoms with E-state index in [1.54, 1.807) is 0 Å². The number of hydrogen-bond acceptors (Lipinski definition) is 2. The molecule has 0 radical (unpaired) electrons. The average molecular weight is 157 g/mol. The fourth-order valence-electron chi connectivity index (χ4n) is 0.956. The number of nitrogens with one attached hydrogen (secondary N) is 1. The van der Waals surface area contributed by atoms with E-state index >= 15 is 0 Å². The number of rotatable bonds is 4. The summed E-state index contributed by atoms with van der Waals surface area (Å²) in [6.45, 7) is 3.47. The summed E-state index contributed by atoms with van der Waals surface area (Å²) >= 11 is 0. The highest BCUT2D eigenvalue weighted by molar-refractivity contribution is 5.76. The molecule has 0 aromatic heterocycles. The molecule has 0 aromatic rings. The SMILES string of the molecule is CCCCC(=O)NC1COC1. The van der Waals surface area contributed by atoms with Gasteiger partial charge in [0.1, 0.15) is 0 Å². The third kappa shape index (κ3) is 2.89. The number of ether oxygens (including phenoxy) is 1. The first-order valence-electron chi connectivity index (χ1n) is 4.20. The first kappa shape index (κ1) is 8.53. The highest BCUT2D eigenvalue weighted by atomic mass is 16.5. The van der Waals surface area contributed by atoms with Crippen LogP contribution in [0.25, 0.3) is 0 Å². The molecule has 0 aliphatic carbocycles. The van der Waals surface area contributed by atoms with Crippen LogP contribution in [0.4, 0.5) is 0 Å². The van der Waals surface area contributed by atoms with Gasteiger partial charge in [-0.2, -0.15) is 0 Å². The van der Waals surface area contributed by atoms with E-state index in [1.807, 2.05) is 0 Å². The first-order chi connectivity index (χ1) is 5.33. The molecule has 1 saturated heterocycles. The summed E-state index contributed by atoms with van der Waals surface area (Å²) in [7, 11) is 0. The Bertz CT molecular complexity index is 132. The fourth-order valence-corrected chi connectivity index (χ4v) is 0.956. The van der Waals surface area contributed by atoms with Crippen LogP contribution in [0.3, 0.4) is 0 Å². The van der Waals surface area contributed by atoms with Crippen molar-refractivity contribution in [3.63, 3.8) is 0 Å². The van der Waals surface area contributed by atoms with Crippen LogP contribution in [0.1, 0.15) is 26.2 Å². The van der Waals surface area contributed by atoms with Crippen LogP contribution >= 0.6 is 0 Å². The van der Waals surface area contributed by atoms with Crippen LogP contribution in [0.5, 0.6) is 0 Å². The molecular weight excluding hydrogens is 142 g/mol. The van der Waals surface area contributed by atoms with Crippen LogP contribution in [-0.4, -0.2) is 25.2 Å². The number of carbonyl (C=O) groups is 1. The summed E-state index contributed by atoms with van der Waals surface area (Å²) in [4.78, 5) is 11.0. The van der Waals surface area contributed by atoms with Crippen LogP contribution < -0.4 is 5.32 Å². The van der Waals surface area contributed by atoms with Crippen molar-refractivity contribution in [2.45, 2.75) is 32.2 Å². The monoisotopic (exact) mass is 157 g/mol. The average Bonchev–Trinajstić information content (AvgIpc) is 1.93. The van der Waals surface area contributed by atoms with Crippen LogP contribution in [-0.2, 0) is 9.53 Å². The Kier molecular flexibility index (Phi) is 3.36. The third-order valence-corrected chi connectivity index (χ3v) is 1.76. The predicted molar refractivity (Wildman–Crippen MR) is 42.3 cm³/mol. The fraction of sp³-hybridized carbons (Fsp3) is 0.875. The molecule has 1 aliphatic rings. The smallest absolute Gasteiger partial charge is 0.220 e. The molecule has 0 saturated carbocycles. The zero-order valence-electron chi connectivity index (χ0n) is 6.93. The predicted octanol–water partition coefficient (Wildman–Crippen LogP) is 0.692. The van der Waals surface area contributed by atoms with Gasteiger partial charge < -0.3 is 10.1 Å². The summed E-state index contributed by atoms with van der Waals surface area (Å²) < 4.78 is 4.93. The Hall–Kier alpha value is -0.570. The lowest BCUT2D eigenvalue weighted by molar-refractivity contribution is -0.125. The van der Waals surface area contributed by atoms with Crippen molar-refractivity contribution >= 4 is 5.91 Å². The Labute approximate surface area is 67.1 Å². The van der Waals surface area contributed by atoms with Gasteiger partial charge in [-0.05, 0) is 6.42 Å². The van der Waals surface area contributed by atoms with Gasteiger partial charge in [-0.25, -0.2) is 0 Å². The standard InChI is InChI=1S/C8H15NO2/c1-2-3-4-8(10)9-7-5-11-6-7/h7H,2-6H2,1H3,(H,9,10). The van der Waals surface area contributed by atoms with E-state index in [-0.39, 0.29) is 5.91 Å². The molecule has 1 aliphatic heterocycles. The van der Waals surface area contributed by atoms with Gasteiger partial charge in [-0.1, -0.05) is 13.3 Å². The normalized spacial score (nSPS) is 17.5. The van der Waals surface area contributed by atoms with Crippen molar-refractivity contribution in [3.05, 3.63) is 0 Å². The van der Waals surface area contributed by atoms with Crippen molar-refractivity contribution in [1.82, 2.24) is 5.32 Å². The number of unbranched alkanes of at least 4 members (excludes halogenated alkanes) is 1. The van der Waals surface area contributed by atoms with E-state index in [9.17, 15) is 4.79 Å². The van der Waals surface area contributed by atoms with Crippen LogP contribution in [0, 0.1) is 0 Å². The first-order valence-corrected chi connectivity index (χ1v) is 4.20. The summed E-state index contributed by atoms with van der Waals surface area (Å²) in [6, 6.07) is 0.291. The van der Waals surface area contributed by atoms with Gasteiger partial charge in [0, 0.05) is 6.42 Å². The van der Waals surface area contributed by atoms with Gasteiger partial charge in [0.25, 0.3) is 0 Å². The molecule has 1 rings (SSSR count). The van der Waals surface area contributed by atoms with Gasteiger partial charge in [0.15, 0.2) is 0 Å². The van der Waals surface area contributed by atoms with Gasteiger partial charge in [-0.15, -0.1) is 0 Å². The molecule has 0 spiro atoms. The third-order valence-electron chi connectivity index (χ3n) is 1.76. The highest BCUT2D eigenvalue weighted by Crippen LogP contribution is 2.01. The van der Waals surface area contributed by atoms with E-state index in [4.69, 9.17) is 4.74 Å². The van der Waals surface area contributed by atoms with Crippen LogP contribution in [0.2, 0.25) is 0 Å². The van der Waals surface area contributed by atoms with Crippen molar-refractivity contribution in [3.8, 4) is 0 Å². The molecule has 0 aromatic carbocycles. The van der Waals surface area contributed by atoms with Gasteiger partial charge >= 0.3 is 0 Å². The quantitative estimate of drug-likeness (QED) is 0.652. The molecule has 1 fully saturated rings. The lowest BCUT2D eigenvalue weighted by Crippen LogP contribution is -2.48. The Morgan fingerprint density at radius 3 is 2.82 bits per heavy atom. The Morgan fingerprint density at radius 2 is 2.36 bits per heavy atom. The summed E-state index contributed by atoms with van der Waals surface area (Å²) in [5.74, 6) is 0.167. The second-order valence-corrected chi connectivity index (χ2v) is 2.91. The molecule has 1 heterocycles. The molecule has 11 heavy (non-hydrogen) atoms. The van der Waals surface area contributed by atoms with Crippen molar-refractivity contribution in [2.24, 2.45) is 0 Å². The minimum Gasteiger partial charge on any atom is -0.377 e. The topological polar surface area (TPSA) is 38.3 Å². The number of carbonyl (C=O) groups excluding carboxylic acids is 1. The summed E-state index contributed by atoms with van der Waals surface area (Å²) in [5.41, 5.74) is 0. The van der Waals surface area contributed by atoms with Crippen molar-refractivity contribution < 1.29 is 9.53 Å². The minimum atomic E-state index is 0.167. The second kappa shape index (κ2) is 4.34. The van der Waals surface area contributed by atoms with E-state index in [2.05, 4.69) is 12.2 Å².